The van der Waals surface area contributed by atoms with Gasteiger partial charge in [0, 0.05) is 17.7 Å². The van der Waals surface area contributed by atoms with Gasteiger partial charge in [0.25, 0.3) is 0 Å². The fraction of sp³-hybridized carbons (Fsp3) is 0.261. The maximum atomic E-state index is 12.9. The molecule has 0 saturated heterocycles. The number of nitrogens with one attached hydrogen (secondary N) is 1. The van der Waals surface area contributed by atoms with Crippen LogP contribution in [0.3, 0.4) is 0 Å². The maximum Gasteiger partial charge on any atom is 0.226 e. The normalized spacial score (nSPS) is 17.6. The molecule has 0 amide bonds. The zero-order valence-electron chi connectivity index (χ0n) is 17.0. The number of halogens is 1. The second-order valence-corrected chi connectivity index (χ2v) is 8.39. The van der Waals surface area contributed by atoms with Crippen molar-refractivity contribution >= 4 is 27.7 Å². The Balaban J connectivity index is 1.55. The quantitative estimate of drug-likeness (QED) is 0.572. The zero-order chi connectivity index (χ0) is 21.4. The van der Waals surface area contributed by atoms with Crippen molar-refractivity contribution in [3.63, 3.8) is 0 Å². The van der Waals surface area contributed by atoms with E-state index in [1.54, 1.807) is 11.8 Å². The summed E-state index contributed by atoms with van der Waals surface area (Å²) in [5, 5.41) is 7.68. The molecule has 0 spiro atoms. The summed E-state index contributed by atoms with van der Waals surface area (Å²) in [5.41, 5.74) is 3.62. The highest BCUT2D eigenvalue weighted by molar-refractivity contribution is 9.10. The predicted molar refractivity (Wildman–Crippen MR) is 119 cm³/mol. The summed E-state index contributed by atoms with van der Waals surface area (Å²) in [6, 6.07) is 13.5. The predicted octanol–water partition coefficient (Wildman–Crippen LogP) is 4.65. The van der Waals surface area contributed by atoms with E-state index in [9.17, 15) is 4.79 Å². The van der Waals surface area contributed by atoms with E-state index >= 15 is 0 Å². The molecular weight excluding hydrogens is 460 g/mol. The first-order valence-corrected chi connectivity index (χ1v) is 10.9. The van der Waals surface area contributed by atoms with Gasteiger partial charge in [-0.2, -0.15) is 10.1 Å². The number of Topliss-reactive ketones (excluding diaryl/α,β-unsaturated/α-hetero) is 1. The number of carbonyl (C=O) groups excluding carboxylic acids is 1. The lowest BCUT2D eigenvalue weighted by Gasteiger charge is -2.32. The largest absolute Gasteiger partial charge is 0.493 e. The number of ether oxygens (including phenoxy) is 2. The average molecular weight is 481 g/mol. The monoisotopic (exact) mass is 480 g/mol. The lowest BCUT2D eigenvalue weighted by molar-refractivity contribution is -0.116. The number of anilines is 1. The summed E-state index contributed by atoms with van der Waals surface area (Å²) < 4.78 is 14.2. The maximum absolute atomic E-state index is 12.9. The summed E-state index contributed by atoms with van der Waals surface area (Å²) >= 11 is 3.65. The van der Waals surface area contributed by atoms with Crippen molar-refractivity contribution in [2.45, 2.75) is 31.9 Å². The van der Waals surface area contributed by atoms with Crippen LogP contribution in [0.15, 0.2) is 64.5 Å². The van der Waals surface area contributed by atoms with E-state index in [1.807, 2.05) is 42.5 Å². The van der Waals surface area contributed by atoms with Crippen molar-refractivity contribution < 1.29 is 14.3 Å². The van der Waals surface area contributed by atoms with E-state index in [4.69, 9.17) is 9.47 Å². The molecule has 1 atom stereocenters. The van der Waals surface area contributed by atoms with Crippen LogP contribution >= 0.6 is 15.9 Å². The van der Waals surface area contributed by atoms with E-state index < -0.39 is 0 Å². The van der Waals surface area contributed by atoms with Gasteiger partial charge in [0.05, 0.1) is 11.6 Å². The highest BCUT2D eigenvalue weighted by Crippen LogP contribution is 2.44. The smallest absolute Gasteiger partial charge is 0.226 e. The van der Waals surface area contributed by atoms with E-state index in [1.165, 1.54) is 6.33 Å². The molecule has 1 unspecified atom stereocenters. The Hall–Kier alpha value is -3.13. The van der Waals surface area contributed by atoms with Gasteiger partial charge >= 0.3 is 0 Å². The first-order valence-electron chi connectivity index (χ1n) is 10.1. The number of methoxy groups -OCH3 is 1. The summed E-state index contributed by atoms with van der Waals surface area (Å²) in [4.78, 5) is 17.2. The minimum Gasteiger partial charge on any atom is -0.493 e. The molecule has 1 N–H and O–H groups in total. The Morgan fingerprint density at radius 2 is 2.06 bits per heavy atom. The summed E-state index contributed by atoms with van der Waals surface area (Å²) in [5.74, 6) is 1.98. The SMILES string of the molecule is COc1cc(C2C3=C(CCCC3=O)Nc3ncnn32)cc(Br)c1OCc1ccccc1. The molecule has 1 aromatic heterocycles. The van der Waals surface area contributed by atoms with Crippen LogP contribution in [0.5, 0.6) is 11.5 Å². The van der Waals surface area contributed by atoms with Crippen LogP contribution in [0, 0.1) is 0 Å². The van der Waals surface area contributed by atoms with Crippen LogP contribution in [0.2, 0.25) is 0 Å². The summed E-state index contributed by atoms with van der Waals surface area (Å²) in [7, 11) is 1.61. The molecular formula is C23H21BrN4O3. The number of aromatic nitrogens is 3. The van der Waals surface area contributed by atoms with Crippen LogP contribution in [0.4, 0.5) is 5.95 Å². The minimum atomic E-state index is -0.366. The van der Waals surface area contributed by atoms with Crippen molar-refractivity contribution in [3.8, 4) is 11.5 Å². The molecule has 0 fully saturated rings. The summed E-state index contributed by atoms with van der Waals surface area (Å²) in [6.45, 7) is 0.420. The van der Waals surface area contributed by atoms with Gasteiger partial charge in [-0.05, 0) is 52.0 Å². The van der Waals surface area contributed by atoms with E-state index in [0.717, 1.165) is 39.7 Å². The van der Waals surface area contributed by atoms with Crippen molar-refractivity contribution in [3.05, 3.63) is 75.7 Å². The Morgan fingerprint density at radius 1 is 1.23 bits per heavy atom. The number of carbonyl (C=O) groups is 1. The summed E-state index contributed by atoms with van der Waals surface area (Å²) in [6.07, 6.45) is 3.70. The molecule has 1 aliphatic carbocycles. The molecule has 0 saturated carbocycles. The molecule has 2 aliphatic rings. The van der Waals surface area contributed by atoms with Crippen LogP contribution in [-0.2, 0) is 11.4 Å². The molecule has 2 aromatic carbocycles. The minimum absolute atomic E-state index is 0.138. The number of nitrogens with zero attached hydrogens (tertiary/aromatic N) is 3. The Kier molecular flexibility index (Phi) is 5.23. The van der Waals surface area contributed by atoms with Crippen LogP contribution in [0.1, 0.15) is 36.4 Å². The van der Waals surface area contributed by atoms with E-state index in [-0.39, 0.29) is 11.8 Å². The third kappa shape index (κ3) is 3.61. The molecule has 8 heteroatoms. The second kappa shape index (κ2) is 8.19. The lowest BCUT2D eigenvalue weighted by atomic mass is 9.85. The van der Waals surface area contributed by atoms with Crippen molar-refractivity contribution in [2.75, 3.05) is 12.4 Å². The number of hydrogen-bond donors (Lipinski definition) is 1. The van der Waals surface area contributed by atoms with Crippen LogP contribution in [0.25, 0.3) is 0 Å². The van der Waals surface area contributed by atoms with Gasteiger partial charge in [-0.25, -0.2) is 4.68 Å². The molecule has 1 aliphatic heterocycles. The van der Waals surface area contributed by atoms with Crippen LogP contribution in [-0.4, -0.2) is 27.7 Å². The highest BCUT2D eigenvalue weighted by Gasteiger charge is 2.36. The van der Waals surface area contributed by atoms with Gasteiger partial charge < -0.3 is 14.8 Å². The van der Waals surface area contributed by atoms with Gasteiger partial charge in [0.1, 0.15) is 19.0 Å². The number of allylic oxidation sites excluding steroid dienone is 2. The topological polar surface area (TPSA) is 78.3 Å². The van der Waals surface area contributed by atoms with Gasteiger partial charge in [0.2, 0.25) is 5.95 Å². The standard InChI is InChI=1S/C23H21BrN4O3/c1-30-19-11-15(10-16(24)22(19)31-12-14-6-3-2-4-7-14)21-20-17(8-5-9-18(20)29)27-23-25-13-26-28(21)23/h2-4,6-7,10-11,13,21H,5,8-9,12H2,1H3,(H,25,26,27). The lowest BCUT2D eigenvalue weighted by Crippen LogP contribution is -2.31. The third-order valence-electron chi connectivity index (χ3n) is 5.60. The Labute approximate surface area is 188 Å². The molecule has 0 radical (unpaired) electrons. The number of fused-ring (bicyclic) bond motifs is 1. The van der Waals surface area contributed by atoms with Gasteiger partial charge in [-0.3, -0.25) is 4.79 Å². The molecule has 5 rings (SSSR count). The first-order chi connectivity index (χ1) is 15.2. The van der Waals surface area contributed by atoms with E-state index in [0.29, 0.717) is 30.5 Å². The van der Waals surface area contributed by atoms with Crippen molar-refractivity contribution in [1.29, 1.82) is 0 Å². The van der Waals surface area contributed by atoms with Crippen LogP contribution < -0.4 is 14.8 Å². The van der Waals surface area contributed by atoms with Gasteiger partial charge in [-0.15, -0.1) is 0 Å². The van der Waals surface area contributed by atoms with Crippen molar-refractivity contribution in [1.82, 2.24) is 14.8 Å². The highest BCUT2D eigenvalue weighted by atomic mass is 79.9. The number of rotatable bonds is 5. The molecule has 2 heterocycles. The molecule has 3 aromatic rings. The number of hydrogen-bond acceptors (Lipinski definition) is 6. The molecule has 31 heavy (non-hydrogen) atoms. The molecule has 0 bridgehead atoms. The molecule has 7 nitrogen and oxygen atoms in total. The average Bonchev–Trinajstić information content (AvgIpc) is 3.25. The molecule has 158 valence electrons. The number of ketones is 1. The van der Waals surface area contributed by atoms with Gasteiger partial charge in [0.15, 0.2) is 17.3 Å². The Morgan fingerprint density at radius 3 is 2.87 bits per heavy atom. The van der Waals surface area contributed by atoms with Gasteiger partial charge in [-0.1, -0.05) is 30.3 Å². The fourth-order valence-electron chi connectivity index (χ4n) is 4.17. The second-order valence-electron chi connectivity index (χ2n) is 7.53. The first kappa shape index (κ1) is 19.8. The number of benzene rings is 2. The third-order valence-corrected chi connectivity index (χ3v) is 6.19. The van der Waals surface area contributed by atoms with Crippen molar-refractivity contribution in [2.24, 2.45) is 0 Å². The fourth-order valence-corrected chi connectivity index (χ4v) is 4.75. The Bertz CT molecular complexity index is 1170. The van der Waals surface area contributed by atoms with E-state index in [2.05, 4.69) is 31.3 Å². The zero-order valence-corrected chi connectivity index (χ0v) is 18.6.